The standard InChI is InChI=1S/C31H29N7O17S4.4K/c1-32-28(40)26-19(30(42)37(34-26)21-14-17(56-54-52-44)7-11-23(21)58(46,47)48)9-5-16(36-13-3-4-25(36)39)6-10-20-27(29(41)33-2)35-38(31(20)43)22-15-18(57-55-53-45)8-12-24(22)59(49,50)51;;;;/h5-12,14-15,42,44-45H,3-4,13H2,1-2H3,(H,32,40)(H,33,41)(H,46,47,48)(H,49,50,51);;;;/q;4*+1/p-4/b9-5+,16-6-,20-10-;;;;. The molecule has 0 aliphatic carbocycles. The molecule has 2 aromatic carbocycles. The molecule has 3 heterocycles. The van der Waals surface area contributed by atoms with Crippen molar-refractivity contribution in [3.8, 4) is 11.6 Å². The molecule has 1 fully saturated rings. The van der Waals surface area contributed by atoms with Crippen LogP contribution in [0.3, 0.4) is 0 Å². The van der Waals surface area contributed by atoms with Crippen LogP contribution >= 0.6 is 24.1 Å². The van der Waals surface area contributed by atoms with Gasteiger partial charge in [-0.25, -0.2) is 16.8 Å². The zero-order valence-corrected chi connectivity index (χ0v) is 49.5. The van der Waals surface area contributed by atoms with E-state index in [9.17, 15) is 60.7 Å². The van der Waals surface area contributed by atoms with E-state index in [1.165, 1.54) is 31.1 Å². The van der Waals surface area contributed by atoms with Crippen LogP contribution in [0.25, 0.3) is 11.8 Å². The fourth-order valence-electron chi connectivity index (χ4n) is 5.50. The first-order valence-electron chi connectivity index (χ1n) is 16.0. The van der Waals surface area contributed by atoms with Crippen molar-refractivity contribution in [3.63, 3.8) is 0 Å². The maximum Gasteiger partial charge on any atom is 1.00 e. The summed E-state index contributed by atoms with van der Waals surface area (Å²) in [6.07, 6.45) is 4.96. The molecule has 5 rings (SSSR count). The Morgan fingerprint density at radius 3 is 1.89 bits per heavy atom. The molecule has 2 aliphatic rings. The molecule has 0 unspecified atom stereocenters. The molecule has 0 bridgehead atoms. The number of hydrazone groups is 1. The van der Waals surface area contributed by atoms with Crippen molar-refractivity contribution < 1.29 is 285 Å². The molecule has 1 saturated heterocycles. The Balaban J connectivity index is 0.00000496. The van der Waals surface area contributed by atoms with Gasteiger partial charge in [0.2, 0.25) is 11.8 Å². The number of hydrogen-bond donors (Lipinski definition) is 3. The Hall–Kier alpha value is 1.05. The van der Waals surface area contributed by atoms with Gasteiger partial charge in [-0.1, -0.05) is 0 Å². The van der Waals surface area contributed by atoms with Crippen LogP contribution < -0.4 is 232 Å². The van der Waals surface area contributed by atoms with E-state index in [-0.39, 0.29) is 240 Å². The number of nitrogens with zero attached hydrogens (tertiary/aromatic N) is 5. The van der Waals surface area contributed by atoms with Gasteiger partial charge >= 0.3 is 206 Å². The predicted octanol–water partition coefficient (Wildman–Crippen LogP) is -13.2. The van der Waals surface area contributed by atoms with Gasteiger partial charge in [0, 0.05) is 42.5 Å². The van der Waals surface area contributed by atoms with Crippen molar-refractivity contribution in [2.45, 2.75) is 32.4 Å². The topological polar surface area (TPSA) is 347 Å². The number of hydrogen-bond acceptors (Lipinski definition) is 21. The summed E-state index contributed by atoms with van der Waals surface area (Å²) < 4.78 is 82.1. The second kappa shape index (κ2) is 28.0. The van der Waals surface area contributed by atoms with Gasteiger partial charge in [0.1, 0.15) is 20.2 Å². The number of benzene rings is 2. The number of aromatic nitrogens is 2. The summed E-state index contributed by atoms with van der Waals surface area (Å²) in [4.78, 5) is 52.2. The van der Waals surface area contributed by atoms with Gasteiger partial charge < -0.3 is 40.3 Å². The SMILES string of the molecule is CNC(=O)C1=NN(c2cc(SOO[O-])ccc2S(=O)(=O)[O-])C(=O)\C1=C/C=C(/C=C/c1c(C(=O)NC)nn(-c2cc(SOO[O-])ccc2S(=O)(=O)[O-])c1O)N1CCCC1=O.[K+].[K+].[K+].[K+]. The van der Waals surface area contributed by atoms with Crippen molar-refractivity contribution in [2.75, 3.05) is 25.6 Å². The maximum absolute atomic E-state index is 13.9. The average molecular weight is 1050 g/mol. The summed E-state index contributed by atoms with van der Waals surface area (Å²) in [5.74, 6) is -4.32. The Morgan fingerprint density at radius 2 is 1.40 bits per heavy atom. The summed E-state index contributed by atoms with van der Waals surface area (Å²) in [5.41, 5.74) is -3.20. The molecular formula is C31H25K4N7O17S4. The Bertz CT molecular complexity index is 2580. The largest absolute Gasteiger partial charge is 1.00 e. The van der Waals surface area contributed by atoms with Gasteiger partial charge in [-0.3, -0.25) is 29.3 Å². The van der Waals surface area contributed by atoms with Crippen LogP contribution in [0, 0.1) is 0 Å². The van der Waals surface area contributed by atoms with E-state index in [1.54, 1.807) is 0 Å². The number of carbonyl (C=O) groups excluding carboxylic acids is 4. The minimum absolute atomic E-state index is 0. The molecule has 2 aliphatic heterocycles. The van der Waals surface area contributed by atoms with E-state index >= 15 is 0 Å². The van der Waals surface area contributed by atoms with E-state index < -0.39 is 87.9 Å². The molecule has 1 aromatic heterocycles. The van der Waals surface area contributed by atoms with Crippen LogP contribution in [0.4, 0.5) is 5.69 Å². The Kier molecular flexibility index (Phi) is 27.6. The van der Waals surface area contributed by atoms with E-state index in [1.807, 2.05) is 0 Å². The Morgan fingerprint density at radius 1 is 0.857 bits per heavy atom. The number of anilines is 1. The van der Waals surface area contributed by atoms with Gasteiger partial charge in [-0.15, -0.1) is 0 Å². The van der Waals surface area contributed by atoms with Crippen LogP contribution in [0.1, 0.15) is 28.9 Å². The van der Waals surface area contributed by atoms with Crippen molar-refractivity contribution >= 4 is 85.4 Å². The first kappa shape index (κ1) is 62.1. The molecular weight excluding hydrogens is 1030 g/mol. The third-order valence-corrected chi connectivity index (χ3v) is 11.0. The molecule has 24 nitrogen and oxygen atoms in total. The number of rotatable bonds is 16. The second-order valence-corrected chi connectivity index (χ2v) is 15.7. The summed E-state index contributed by atoms with van der Waals surface area (Å²) in [6, 6.07) is 5.70. The van der Waals surface area contributed by atoms with Gasteiger partial charge in [0.05, 0.1) is 56.4 Å². The van der Waals surface area contributed by atoms with Crippen LogP contribution in [-0.2, 0) is 53.4 Å². The van der Waals surface area contributed by atoms with Gasteiger partial charge in [0.25, 0.3) is 17.7 Å². The molecule has 3 N–H and O–H groups in total. The first-order valence-corrected chi connectivity index (χ1v) is 20.3. The number of carbonyl (C=O) groups is 4. The van der Waals surface area contributed by atoms with Crippen LogP contribution in [0.2, 0.25) is 0 Å². The molecule has 3 aromatic rings. The normalized spacial score (nSPS) is 14.8. The predicted molar refractivity (Wildman–Crippen MR) is 192 cm³/mol. The third kappa shape index (κ3) is 15.5. The van der Waals surface area contributed by atoms with Gasteiger partial charge in [0.15, 0.2) is 11.4 Å². The minimum atomic E-state index is -5.28. The van der Waals surface area contributed by atoms with Crippen molar-refractivity contribution in [2.24, 2.45) is 5.10 Å². The van der Waals surface area contributed by atoms with Crippen LogP contribution in [0.5, 0.6) is 5.88 Å². The molecule has 32 heteroatoms. The minimum Gasteiger partial charge on any atom is -0.744 e. The average Bonchev–Trinajstić information content (AvgIpc) is 3.88. The van der Waals surface area contributed by atoms with Gasteiger partial charge in [-0.05, 0) is 67.1 Å². The molecule has 0 atom stereocenters. The van der Waals surface area contributed by atoms with E-state index in [0.29, 0.717) is 40.2 Å². The van der Waals surface area contributed by atoms with Crippen molar-refractivity contribution in [1.82, 2.24) is 25.3 Å². The summed E-state index contributed by atoms with van der Waals surface area (Å²) in [7, 11) is -8.13. The summed E-state index contributed by atoms with van der Waals surface area (Å²) in [6.45, 7) is 0.122. The van der Waals surface area contributed by atoms with Crippen molar-refractivity contribution in [3.05, 3.63) is 77.2 Å². The molecule has 314 valence electrons. The number of amides is 4. The summed E-state index contributed by atoms with van der Waals surface area (Å²) in [5, 5.41) is 51.7. The number of aromatic hydroxyl groups is 1. The fraction of sp³-hybridized carbons (Fsp3) is 0.161. The summed E-state index contributed by atoms with van der Waals surface area (Å²) >= 11 is 0.600. The van der Waals surface area contributed by atoms with Crippen molar-refractivity contribution in [1.29, 1.82) is 0 Å². The quantitative estimate of drug-likeness (QED) is 0.0228. The smallest absolute Gasteiger partial charge is 0.744 e. The second-order valence-electron chi connectivity index (χ2n) is 11.5. The zero-order valence-electron chi connectivity index (χ0n) is 33.7. The van der Waals surface area contributed by atoms with Crippen LogP contribution in [0.15, 0.2) is 90.6 Å². The Labute approximate surface area is 536 Å². The molecule has 63 heavy (non-hydrogen) atoms. The number of allylic oxidation sites excluding steroid dienone is 3. The third-order valence-electron chi connectivity index (χ3n) is 8.06. The number of likely N-dealkylation sites (tertiary alicyclic amines) is 1. The first-order chi connectivity index (χ1) is 27.9. The van der Waals surface area contributed by atoms with Gasteiger partial charge in [-0.2, -0.15) is 28.6 Å². The monoisotopic (exact) mass is 1050 g/mol. The molecule has 0 saturated carbocycles. The van der Waals surface area contributed by atoms with E-state index in [2.05, 4.69) is 39.6 Å². The van der Waals surface area contributed by atoms with E-state index in [4.69, 9.17) is 0 Å². The molecule has 0 spiro atoms. The van der Waals surface area contributed by atoms with Crippen LogP contribution in [-0.4, -0.2) is 95.7 Å². The molecule has 0 radical (unpaired) electrons. The fourth-order valence-corrected chi connectivity index (χ4v) is 7.55. The van der Waals surface area contributed by atoms with E-state index in [0.717, 1.165) is 48.6 Å². The number of nitrogens with one attached hydrogen (secondary N) is 2. The zero-order chi connectivity index (χ0) is 43.2. The maximum atomic E-state index is 13.9. The molecule has 4 amide bonds.